The number of sulfonamides is 1. The number of hydrogen-bond donors (Lipinski definition) is 1. The molecule has 0 bridgehead atoms. The number of rotatable bonds is 11. The molecule has 0 aliphatic heterocycles. The Morgan fingerprint density at radius 3 is 2.21 bits per heavy atom. The van der Waals surface area contributed by atoms with E-state index in [1.807, 2.05) is 31.2 Å². The molecule has 0 fully saturated rings. The molecule has 3 aromatic rings. The number of nitrogens with zero attached hydrogens (tertiary/aromatic N) is 1. The van der Waals surface area contributed by atoms with E-state index in [4.69, 9.17) is 4.74 Å². The smallest absolute Gasteiger partial charge is 0.264 e. The lowest BCUT2D eigenvalue weighted by molar-refractivity contribution is -0.119. The maximum Gasteiger partial charge on any atom is 0.264 e. The van der Waals surface area contributed by atoms with E-state index >= 15 is 0 Å². The first-order valence-electron chi connectivity index (χ1n) is 10.8. The SMILES string of the molecule is CCOc1ccccc1CCCNC(=O)CN(c1ccc(F)cc1)S(=O)(=O)c1ccc(F)cc1. The first kappa shape index (κ1) is 25.2. The molecule has 0 aromatic heterocycles. The van der Waals surface area contributed by atoms with Crippen LogP contribution in [-0.4, -0.2) is 34.0 Å². The third kappa shape index (κ3) is 6.54. The summed E-state index contributed by atoms with van der Waals surface area (Å²) in [7, 11) is -4.20. The van der Waals surface area contributed by atoms with Crippen LogP contribution >= 0.6 is 0 Å². The van der Waals surface area contributed by atoms with Gasteiger partial charge >= 0.3 is 0 Å². The number of nitrogens with one attached hydrogen (secondary N) is 1. The van der Waals surface area contributed by atoms with Gasteiger partial charge in [-0.25, -0.2) is 17.2 Å². The normalized spacial score (nSPS) is 11.1. The van der Waals surface area contributed by atoms with Crippen molar-refractivity contribution >= 4 is 21.6 Å². The van der Waals surface area contributed by atoms with Crippen LogP contribution < -0.4 is 14.4 Å². The highest BCUT2D eigenvalue weighted by Gasteiger charge is 2.27. The molecule has 0 aliphatic rings. The van der Waals surface area contributed by atoms with E-state index in [9.17, 15) is 22.0 Å². The molecule has 3 rings (SSSR count). The Labute approximate surface area is 198 Å². The van der Waals surface area contributed by atoms with Crippen molar-refractivity contribution in [1.82, 2.24) is 5.32 Å². The third-order valence-electron chi connectivity index (χ3n) is 5.02. The average molecular weight is 489 g/mol. The zero-order valence-corrected chi connectivity index (χ0v) is 19.5. The van der Waals surface area contributed by atoms with Crippen LogP contribution in [0.1, 0.15) is 18.9 Å². The summed E-state index contributed by atoms with van der Waals surface area (Å²) >= 11 is 0. The molecule has 9 heteroatoms. The maximum absolute atomic E-state index is 13.4. The third-order valence-corrected chi connectivity index (χ3v) is 6.81. The Balaban J connectivity index is 1.68. The molecule has 34 heavy (non-hydrogen) atoms. The van der Waals surface area contributed by atoms with Crippen molar-refractivity contribution in [3.8, 4) is 5.75 Å². The summed E-state index contributed by atoms with van der Waals surface area (Å²) in [6.45, 7) is 2.27. The Hall–Kier alpha value is -3.46. The van der Waals surface area contributed by atoms with E-state index in [0.717, 1.165) is 52.0 Å². The number of anilines is 1. The predicted molar refractivity (Wildman–Crippen MR) is 126 cm³/mol. The van der Waals surface area contributed by atoms with Crippen LogP contribution in [0.5, 0.6) is 5.75 Å². The van der Waals surface area contributed by atoms with E-state index < -0.39 is 34.1 Å². The Kier molecular flexibility index (Phi) is 8.59. The molecule has 0 radical (unpaired) electrons. The highest BCUT2D eigenvalue weighted by molar-refractivity contribution is 7.92. The summed E-state index contributed by atoms with van der Waals surface area (Å²) in [6.07, 6.45) is 1.29. The first-order valence-corrected chi connectivity index (χ1v) is 12.3. The molecule has 0 heterocycles. The van der Waals surface area contributed by atoms with Crippen LogP contribution in [0.15, 0.2) is 77.7 Å². The summed E-state index contributed by atoms with van der Waals surface area (Å²) in [5.74, 6) is -0.854. The van der Waals surface area contributed by atoms with E-state index in [1.54, 1.807) is 0 Å². The van der Waals surface area contributed by atoms with E-state index in [2.05, 4.69) is 5.32 Å². The first-order chi connectivity index (χ1) is 16.3. The summed E-state index contributed by atoms with van der Waals surface area (Å²) in [5.41, 5.74) is 1.14. The van der Waals surface area contributed by atoms with Gasteiger partial charge in [0.25, 0.3) is 10.0 Å². The molecule has 0 atom stereocenters. The molecule has 1 amide bonds. The van der Waals surface area contributed by atoms with Crippen molar-refractivity contribution in [2.24, 2.45) is 0 Å². The van der Waals surface area contributed by atoms with Gasteiger partial charge in [-0.15, -0.1) is 0 Å². The predicted octanol–water partition coefficient (Wildman–Crippen LogP) is 4.31. The van der Waals surface area contributed by atoms with Crippen molar-refractivity contribution < 1.29 is 26.7 Å². The summed E-state index contributed by atoms with van der Waals surface area (Å²) < 4.78 is 59.6. The van der Waals surface area contributed by atoms with Gasteiger partial charge in [-0.05, 0) is 79.9 Å². The molecule has 1 N–H and O–H groups in total. The molecule has 3 aromatic carbocycles. The lowest BCUT2D eigenvalue weighted by Crippen LogP contribution is -2.41. The number of halogens is 2. The van der Waals surface area contributed by atoms with Gasteiger partial charge < -0.3 is 10.1 Å². The fourth-order valence-corrected chi connectivity index (χ4v) is 4.78. The second-order valence-electron chi connectivity index (χ2n) is 7.44. The number of para-hydroxylation sites is 1. The van der Waals surface area contributed by atoms with E-state index in [1.165, 1.54) is 12.1 Å². The summed E-state index contributed by atoms with van der Waals surface area (Å²) in [5, 5.41) is 2.73. The average Bonchev–Trinajstić information content (AvgIpc) is 2.82. The van der Waals surface area contributed by atoms with Gasteiger partial charge in [0.1, 0.15) is 23.9 Å². The maximum atomic E-state index is 13.4. The van der Waals surface area contributed by atoms with Crippen LogP contribution in [0.4, 0.5) is 14.5 Å². The second-order valence-corrected chi connectivity index (χ2v) is 9.30. The lowest BCUT2D eigenvalue weighted by Gasteiger charge is -2.24. The van der Waals surface area contributed by atoms with Gasteiger partial charge in [-0.1, -0.05) is 18.2 Å². The number of ether oxygens (including phenoxy) is 1. The number of amides is 1. The fourth-order valence-electron chi connectivity index (χ4n) is 3.36. The van der Waals surface area contributed by atoms with Crippen LogP contribution in [-0.2, 0) is 21.2 Å². The minimum Gasteiger partial charge on any atom is -0.494 e. The molecule has 0 aliphatic carbocycles. The Bertz CT molecular complexity index is 1200. The molecule has 0 saturated heterocycles. The van der Waals surface area contributed by atoms with Gasteiger partial charge in [0.2, 0.25) is 5.91 Å². The van der Waals surface area contributed by atoms with Gasteiger partial charge in [0.15, 0.2) is 0 Å². The van der Waals surface area contributed by atoms with E-state index in [0.29, 0.717) is 26.0 Å². The van der Waals surface area contributed by atoms with Crippen molar-refractivity contribution in [2.45, 2.75) is 24.7 Å². The molecule has 0 saturated carbocycles. The quantitative estimate of drug-likeness (QED) is 0.408. The van der Waals surface area contributed by atoms with Gasteiger partial charge in [0, 0.05) is 6.54 Å². The van der Waals surface area contributed by atoms with Crippen LogP contribution in [0.2, 0.25) is 0 Å². The number of hydrogen-bond acceptors (Lipinski definition) is 4. The van der Waals surface area contributed by atoms with Crippen molar-refractivity contribution in [3.05, 3.63) is 90.0 Å². The fraction of sp³-hybridized carbons (Fsp3) is 0.240. The van der Waals surface area contributed by atoms with Gasteiger partial charge in [-0.2, -0.15) is 0 Å². The molecule has 0 unspecified atom stereocenters. The summed E-state index contributed by atoms with van der Waals surface area (Å²) in [4.78, 5) is 12.4. The van der Waals surface area contributed by atoms with Gasteiger partial charge in [0.05, 0.1) is 17.2 Å². The molecular weight excluding hydrogens is 462 g/mol. The van der Waals surface area contributed by atoms with Crippen LogP contribution in [0, 0.1) is 11.6 Å². The van der Waals surface area contributed by atoms with Crippen molar-refractivity contribution in [1.29, 1.82) is 0 Å². The summed E-state index contributed by atoms with van der Waals surface area (Å²) in [6, 6.07) is 16.7. The zero-order valence-electron chi connectivity index (χ0n) is 18.7. The van der Waals surface area contributed by atoms with Crippen LogP contribution in [0.3, 0.4) is 0 Å². The highest BCUT2D eigenvalue weighted by Crippen LogP contribution is 2.24. The minimum atomic E-state index is -4.20. The standard InChI is InChI=1S/C25H26F2N2O4S/c1-2-33-24-8-4-3-6-19(24)7-5-17-28-25(30)18-29(22-13-9-20(26)10-14-22)34(31,32)23-15-11-21(27)12-16-23/h3-4,6,8-16H,2,5,7,17-18H2,1H3,(H,28,30). The van der Waals surface area contributed by atoms with Crippen molar-refractivity contribution in [2.75, 3.05) is 24.0 Å². The Morgan fingerprint density at radius 2 is 1.56 bits per heavy atom. The number of carbonyl (C=O) groups is 1. The topological polar surface area (TPSA) is 75.7 Å². The van der Waals surface area contributed by atoms with Crippen LogP contribution in [0.25, 0.3) is 0 Å². The zero-order chi connectivity index (χ0) is 24.6. The number of aryl methyl sites for hydroxylation is 1. The largest absolute Gasteiger partial charge is 0.494 e. The van der Waals surface area contributed by atoms with Crippen molar-refractivity contribution in [3.63, 3.8) is 0 Å². The molecule has 0 spiro atoms. The molecule has 6 nitrogen and oxygen atoms in total. The minimum absolute atomic E-state index is 0.117. The monoisotopic (exact) mass is 488 g/mol. The Morgan fingerprint density at radius 1 is 0.941 bits per heavy atom. The van der Waals surface area contributed by atoms with E-state index in [-0.39, 0.29) is 10.6 Å². The van der Waals surface area contributed by atoms with Gasteiger partial charge in [-0.3, -0.25) is 9.10 Å². The molecule has 180 valence electrons. The highest BCUT2D eigenvalue weighted by atomic mass is 32.2. The lowest BCUT2D eigenvalue weighted by atomic mass is 10.1. The number of benzene rings is 3. The molecular formula is C25H26F2N2O4S. The second kappa shape index (κ2) is 11.6. The number of carbonyl (C=O) groups excluding carboxylic acids is 1.